The molecule has 104 valence electrons. The van der Waals surface area contributed by atoms with E-state index in [4.69, 9.17) is 0 Å². The van der Waals surface area contributed by atoms with Gasteiger partial charge in [-0.15, -0.1) is 0 Å². The molecule has 0 atom stereocenters. The van der Waals surface area contributed by atoms with E-state index in [-0.39, 0.29) is 5.91 Å². The van der Waals surface area contributed by atoms with Crippen LogP contribution in [0.3, 0.4) is 0 Å². The van der Waals surface area contributed by atoms with E-state index in [0.29, 0.717) is 12.3 Å². The molecule has 0 bridgehead atoms. The molecular formula is C18H21NO. The van der Waals surface area contributed by atoms with Crippen molar-refractivity contribution in [3.05, 3.63) is 54.1 Å². The Morgan fingerprint density at radius 3 is 2.45 bits per heavy atom. The highest BCUT2D eigenvalue weighted by molar-refractivity contribution is 5.91. The molecule has 0 aliphatic carbocycles. The van der Waals surface area contributed by atoms with Gasteiger partial charge in [-0.2, -0.15) is 0 Å². The van der Waals surface area contributed by atoms with Crippen LogP contribution in [0.25, 0.3) is 11.1 Å². The Bertz CT molecular complexity index is 588. The van der Waals surface area contributed by atoms with Gasteiger partial charge in [0.25, 0.3) is 0 Å². The van der Waals surface area contributed by atoms with Crippen molar-refractivity contribution < 1.29 is 4.79 Å². The molecule has 20 heavy (non-hydrogen) atoms. The fourth-order valence-electron chi connectivity index (χ4n) is 2.21. The Morgan fingerprint density at radius 1 is 1.10 bits per heavy atom. The minimum Gasteiger partial charge on any atom is -0.326 e. The molecule has 2 aromatic carbocycles. The van der Waals surface area contributed by atoms with Crippen LogP contribution in [-0.2, 0) is 4.79 Å². The molecule has 2 aromatic rings. The van der Waals surface area contributed by atoms with E-state index >= 15 is 0 Å². The third-order valence-electron chi connectivity index (χ3n) is 3.20. The first kappa shape index (κ1) is 14.3. The first-order valence-corrected chi connectivity index (χ1v) is 7.02. The zero-order valence-corrected chi connectivity index (χ0v) is 12.3. The third-order valence-corrected chi connectivity index (χ3v) is 3.20. The number of carbonyl (C=O) groups is 1. The Balaban J connectivity index is 2.23. The van der Waals surface area contributed by atoms with Crippen molar-refractivity contribution in [3.8, 4) is 11.1 Å². The van der Waals surface area contributed by atoms with Gasteiger partial charge in [-0.05, 0) is 41.7 Å². The first-order valence-electron chi connectivity index (χ1n) is 7.02. The highest BCUT2D eigenvalue weighted by Crippen LogP contribution is 2.26. The molecule has 0 radical (unpaired) electrons. The molecule has 0 aliphatic rings. The predicted molar refractivity (Wildman–Crippen MR) is 84.7 cm³/mol. The van der Waals surface area contributed by atoms with E-state index in [2.05, 4.69) is 24.4 Å². The van der Waals surface area contributed by atoms with Crippen LogP contribution >= 0.6 is 0 Å². The summed E-state index contributed by atoms with van der Waals surface area (Å²) in [5.41, 5.74) is 4.40. The second-order valence-electron chi connectivity index (χ2n) is 5.54. The molecule has 0 aliphatic heterocycles. The Morgan fingerprint density at radius 2 is 1.80 bits per heavy atom. The van der Waals surface area contributed by atoms with Crippen LogP contribution in [0.1, 0.15) is 25.8 Å². The van der Waals surface area contributed by atoms with E-state index in [1.54, 1.807) is 0 Å². The molecule has 0 unspecified atom stereocenters. The Labute approximate surface area is 120 Å². The number of nitrogens with one attached hydrogen (secondary N) is 1. The lowest BCUT2D eigenvalue weighted by Gasteiger charge is -2.11. The molecule has 0 aromatic heterocycles. The number of hydrogen-bond acceptors (Lipinski definition) is 1. The SMILES string of the molecule is Cc1ccc(NC(=O)CC(C)C)cc1-c1ccccc1. The van der Waals surface area contributed by atoms with Gasteiger partial charge in [0.1, 0.15) is 0 Å². The number of anilines is 1. The molecule has 0 fully saturated rings. The van der Waals surface area contributed by atoms with Crippen LogP contribution < -0.4 is 5.32 Å². The monoisotopic (exact) mass is 267 g/mol. The Hall–Kier alpha value is -2.09. The topological polar surface area (TPSA) is 29.1 Å². The van der Waals surface area contributed by atoms with Crippen molar-refractivity contribution in [2.75, 3.05) is 5.32 Å². The van der Waals surface area contributed by atoms with Gasteiger partial charge < -0.3 is 5.32 Å². The fraction of sp³-hybridized carbons (Fsp3) is 0.278. The highest BCUT2D eigenvalue weighted by Gasteiger charge is 2.07. The maximum absolute atomic E-state index is 11.8. The van der Waals surface area contributed by atoms with E-state index in [1.165, 1.54) is 11.1 Å². The molecule has 1 N–H and O–H groups in total. The summed E-state index contributed by atoms with van der Waals surface area (Å²) in [7, 11) is 0. The van der Waals surface area contributed by atoms with Crippen molar-refractivity contribution in [1.82, 2.24) is 0 Å². The van der Waals surface area contributed by atoms with E-state index in [9.17, 15) is 4.79 Å². The summed E-state index contributed by atoms with van der Waals surface area (Å²) >= 11 is 0. The average Bonchev–Trinajstić information content (AvgIpc) is 2.41. The minimum atomic E-state index is 0.0721. The van der Waals surface area contributed by atoms with Crippen molar-refractivity contribution in [3.63, 3.8) is 0 Å². The van der Waals surface area contributed by atoms with Gasteiger partial charge in [0, 0.05) is 12.1 Å². The smallest absolute Gasteiger partial charge is 0.224 e. The predicted octanol–water partition coefficient (Wildman–Crippen LogP) is 4.65. The maximum atomic E-state index is 11.8. The van der Waals surface area contributed by atoms with Crippen LogP contribution in [0.5, 0.6) is 0 Å². The Kier molecular flexibility index (Phi) is 4.57. The van der Waals surface area contributed by atoms with Gasteiger partial charge >= 0.3 is 0 Å². The lowest BCUT2D eigenvalue weighted by atomic mass is 10.00. The number of benzene rings is 2. The lowest BCUT2D eigenvalue weighted by molar-refractivity contribution is -0.116. The van der Waals surface area contributed by atoms with Gasteiger partial charge in [0.15, 0.2) is 0 Å². The molecule has 2 rings (SSSR count). The number of amides is 1. The molecule has 2 heteroatoms. The standard InChI is InChI=1S/C18H21NO/c1-13(2)11-18(20)19-16-10-9-14(3)17(12-16)15-7-5-4-6-8-15/h4-10,12-13H,11H2,1-3H3,(H,19,20). The number of rotatable bonds is 4. The summed E-state index contributed by atoms with van der Waals surface area (Å²) in [6, 6.07) is 16.3. The quantitative estimate of drug-likeness (QED) is 0.858. The number of aryl methyl sites for hydroxylation is 1. The largest absolute Gasteiger partial charge is 0.326 e. The number of hydrogen-bond donors (Lipinski definition) is 1. The summed E-state index contributed by atoms with van der Waals surface area (Å²) in [5, 5.41) is 2.97. The summed E-state index contributed by atoms with van der Waals surface area (Å²) in [6.07, 6.45) is 0.550. The molecule has 0 saturated heterocycles. The maximum Gasteiger partial charge on any atom is 0.224 e. The molecule has 0 saturated carbocycles. The van der Waals surface area contributed by atoms with E-state index < -0.39 is 0 Å². The zero-order valence-electron chi connectivity index (χ0n) is 12.3. The second kappa shape index (κ2) is 6.38. The minimum absolute atomic E-state index is 0.0721. The average molecular weight is 267 g/mol. The van der Waals surface area contributed by atoms with Gasteiger partial charge in [0.2, 0.25) is 5.91 Å². The summed E-state index contributed by atoms with van der Waals surface area (Å²) in [6.45, 7) is 6.18. The first-order chi connectivity index (χ1) is 9.56. The second-order valence-corrected chi connectivity index (χ2v) is 5.54. The van der Waals surface area contributed by atoms with Crippen molar-refractivity contribution in [2.24, 2.45) is 5.92 Å². The summed E-state index contributed by atoms with van der Waals surface area (Å²) in [4.78, 5) is 11.8. The highest BCUT2D eigenvalue weighted by atomic mass is 16.1. The van der Waals surface area contributed by atoms with Gasteiger partial charge in [-0.3, -0.25) is 4.79 Å². The van der Waals surface area contributed by atoms with Gasteiger partial charge in [-0.25, -0.2) is 0 Å². The van der Waals surface area contributed by atoms with Crippen LogP contribution in [0, 0.1) is 12.8 Å². The van der Waals surface area contributed by atoms with Crippen LogP contribution in [0.2, 0.25) is 0 Å². The van der Waals surface area contributed by atoms with Crippen molar-refractivity contribution in [1.29, 1.82) is 0 Å². The number of carbonyl (C=O) groups excluding carboxylic acids is 1. The third kappa shape index (κ3) is 3.70. The molecule has 0 heterocycles. The van der Waals surface area contributed by atoms with Crippen molar-refractivity contribution in [2.45, 2.75) is 27.2 Å². The summed E-state index contributed by atoms with van der Waals surface area (Å²) in [5.74, 6) is 0.442. The van der Waals surface area contributed by atoms with Crippen LogP contribution in [0.15, 0.2) is 48.5 Å². The van der Waals surface area contributed by atoms with Crippen LogP contribution in [-0.4, -0.2) is 5.91 Å². The van der Waals surface area contributed by atoms with E-state index in [0.717, 1.165) is 11.3 Å². The van der Waals surface area contributed by atoms with Gasteiger partial charge in [0.05, 0.1) is 0 Å². The van der Waals surface area contributed by atoms with Crippen molar-refractivity contribution >= 4 is 11.6 Å². The van der Waals surface area contributed by atoms with E-state index in [1.807, 2.05) is 50.2 Å². The molecule has 2 nitrogen and oxygen atoms in total. The summed E-state index contributed by atoms with van der Waals surface area (Å²) < 4.78 is 0. The normalized spacial score (nSPS) is 10.6. The zero-order chi connectivity index (χ0) is 14.5. The fourth-order valence-corrected chi connectivity index (χ4v) is 2.21. The molecular weight excluding hydrogens is 246 g/mol. The van der Waals surface area contributed by atoms with Gasteiger partial charge in [-0.1, -0.05) is 50.2 Å². The van der Waals surface area contributed by atoms with Crippen LogP contribution in [0.4, 0.5) is 5.69 Å². The lowest BCUT2D eigenvalue weighted by Crippen LogP contribution is -2.13. The molecule has 0 spiro atoms. The molecule has 1 amide bonds.